The largest absolute Gasteiger partial charge is 0.475 e. The van der Waals surface area contributed by atoms with E-state index in [2.05, 4.69) is 0 Å². The molecule has 0 aliphatic carbocycles. The van der Waals surface area contributed by atoms with E-state index in [1.54, 1.807) is 42.5 Å². The molecule has 1 N–H and O–H groups in total. The van der Waals surface area contributed by atoms with Gasteiger partial charge in [0, 0.05) is 0 Å². The lowest BCUT2D eigenvalue weighted by molar-refractivity contribution is -0.134. The second-order valence-electron chi connectivity index (χ2n) is 3.90. The normalized spacial score (nSPS) is 11.2. The van der Waals surface area contributed by atoms with E-state index >= 15 is 0 Å². The Hall–Kier alpha value is -1.97. The molecule has 20 heavy (non-hydrogen) atoms. The van der Waals surface area contributed by atoms with Gasteiger partial charge in [-0.3, -0.25) is 0 Å². The van der Waals surface area contributed by atoms with Crippen LogP contribution in [0.4, 0.5) is 0 Å². The molecule has 0 atom stereocenters. The fraction of sp³-hybridized carbons (Fsp3) is 0. The van der Waals surface area contributed by atoms with Crippen LogP contribution in [0.5, 0.6) is 5.75 Å². The summed E-state index contributed by atoms with van der Waals surface area (Å²) in [6, 6.07) is 13.5. The van der Waals surface area contributed by atoms with Crippen LogP contribution >= 0.6 is 23.2 Å². The first-order valence-electron chi connectivity index (χ1n) is 5.69. The van der Waals surface area contributed by atoms with Gasteiger partial charge in [-0.1, -0.05) is 47.5 Å². The summed E-state index contributed by atoms with van der Waals surface area (Å²) in [5, 5.41) is 9.93. The number of ether oxygens (including phenoxy) is 1. The maximum atomic E-state index is 11.2. The second kappa shape index (κ2) is 6.46. The summed E-state index contributed by atoms with van der Waals surface area (Å²) >= 11 is 11.7. The van der Waals surface area contributed by atoms with E-state index in [1.165, 1.54) is 6.08 Å². The van der Waals surface area contributed by atoms with Gasteiger partial charge in [-0.25, -0.2) is 4.79 Å². The van der Waals surface area contributed by atoms with Gasteiger partial charge in [0.2, 0.25) is 5.76 Å². The van der Waals surface area contributed by atoms with Gasteiger partial charge >= 0.3 is 5.97 Å². The number of aliphatic carboxylic acids is 1. The number of rotatable bonds is 4. The highest BCUT2D eigenvalue weighted by molar-refractivity contribution is 6.42. The molecular weight excluding hydrogens is 299 g/mol. The van der Waals surface area contributed by atoms with Crippen LogP contribution in [0.1, 0.15) is 5.56 Å². The smallest absolute Gasteiger partial charge is 0.371 e. The number of hydrogen-bond donors (Lipinski definition) is 1. The minimum absolute atomic E-state index is 0.199. The molecule has 0 bridgehead atoms. The van der Waals surface area contributed by atoms with Crippen molar-refractivity contribution in [3.8, 4) is 5.75 Å². The third kappa shape index (κ3) is 3.76. The Morgan fingerprint density at radius 2 is 1.75 bits per heavy atom. The van der Waals surface area contributed by atoms with Crippen molar-refractivity contribution in [2.24, 2.45) is 0 Å². The Kier molecular flexibility index (Phi) is 4.66. The highest BCUT2D eigenvalue weighted by Gasteiger charge is 2.10. The Labute approximate surface area is 126 Å². The van der Waals surface area contributed by atoms with Crippen molar-refractivity contribution < 1.29 is 14.6 Å². The zero-order valence-corrected chi connectivity index (χ0v) is 11.7. The first kappa shape index (κ1) is 14.4. The summed E-state index contributed by atoms with van der Waals surface area (Å²) in [5.41, 5.74) is 0.590. The van der Waals surface area contributed by atoms with Gasteiger partial charge in [-0.05, 0) is 35.9 Å². The summed E-state index contributed by atoms with van der Waals surface area (Å²) in [6.45, 7) is 0. The predicted molar refractivity (Wildman–Crippen MR) is 79.1 cm³/mol. The summed E-state index contributed by atoms with van der Waals surface area (Å²) in [7, 11) is 0. The van der Waals surface area contributed by atoms with Gasteiger partial charge in [0.1, 0.15) is 5.75 Å². The Morgan fingerprint density at radius 1 is 1.05 bits per heavy atom. The van der Waals surface area contributed by atoms with Crippen molar-refractivity contribution in [3.63, 3.8) is 0 Å². The monoisotopic (exact) mass is 308 g/mol. The fourth-order valence-corrected chi connectivity index (χ4v) is 1.81. The Balaban J connectivity index is 2.30. The third-order valence-corrected chi connectivity index (χ3v) is 3.16. The van der Waals surface area contributed by atoms with E-state index < -0.39 is 5.97 Å². The number of carbonyl (C=O) groups is 1. The van der Waals surface area contributed by atoms with Gasteiger partial charge in [0.15, 0.2) is 0 Å². The first-order chi connectivity index (χ1) is 9.56. The standard InChI is InChI=1S/C15H10Cl2O3/c16-12-7-6-10(8-13(12)17)9-14(15(18)19)20-11-4-2-1-3-5-11/h1-9H,(H,18,19)/b14-9+. The molecule has 0 aliphatic rings. The molecule has 3 nitrogen and oxygen atoms in total. The van der Waals surface area contributed by atoms with Crippen LogP contribution in [0.2, 0.25) is 10.0 Å². The molecule has 0 aromatic heterocycles. The van der Waals surface area contributed by atoms with E-state index in [1.807, 2.05) is 6.07 Å². The lowest BCUT2D eigenvalue weighted by Gasteiger charge is -2.06. The highest BCUT2D eigenvalue weighted by atomic mass is 35.5. The van der Waals surface area contributed by atoms with Crippen molar-refractivity contribution >= 4 is 35.2 Å². The minimum atomic E-state index is -1.17. The predicted octanol–water partition coefficient (Wildman–Crippen LogP) is 4.50. The maximum Gasteiger partial charge on any atom is 0.371 e. The van der Waals surface area contributed by atoms with Gasteiger partial charge in [0.25, 0.3) is 0 Å². The molecule has 0 unspecified atom stereocenters. The van der Waals surface area contributed by atoms with Crippen molar-refractivity contribution in [3.05, 3.63) is 69.9 Å². The summed E-state index contributed by atoms with van der Waals surface area (Å²) < 4.78 is 5.34. The van der Waals surface area contributed by atoms with E-state index in [0.717, 1.165) is 0 Å². The number of carboxylic acid groups (broad SMARTS) is 1. The van der Waals surface area contributed by atoms with Crippen LogP contribution in [0.3, 0.4) is 0 Å². The lowest BCUT2D eigenvalue weighted by Crippen LogP contribution is -2.07. The maximum absolute atomic E-state index is 11.2. The lowest BCUT2D eigenvalue weighted by atomic mass is 10.2. The molecule has 2 rings (SSSR count). The van der Waals surface area contributed by atoms with Crippen molar-refractivity contribution in [1.82, 2.24) is 0 Å². The molecule has 0 saturated carbocycles. The van der Waals surface area contributed by atoms with Crippen molar-refractivity contribution in [2.75, 3.05) is 0 Å². The van der Waals surface area contributed by atoms with Crippen LogP contribution < -0.4 is 4.74 Å². The molecule has 2 aromatic rings. The molecule has 0 spiro atoms. The second-order valence-corrected chi connectivity index (χ2v) is 4.72. The minimum Gasteiger partial charge on any atom is -0.475 e. The van der Waals surface area contributed by atoms with Gasteiger partial charge in [-0.2, -0.15) is 0 Å². The summed E-state index contributed by atoms with van der Waals surface area (Å²) in [5.74, 6) is -0.921. The molecule has 2 aromatic carbocycles. The summed E-state index contributed by atoms with van der Waals surface area (Å²) in [4.78, 5) is 11.2. The SMILES string of the molecule is O=C(O)/C(=C\c1ccc(Cl)c(Cl)c1)Oc1ccccc1. The highest BCUT2D eigenvalue weighted by Crippen LogP contribution is 2.24. The average molecular weight is 309 g/mol. The van der Waals surface area contributed by atoms with Crippen LogP contribution in [-0.2, 0) is 4.79 Å². The van der Waals surface area contributed by atoms with E-state index in [-0.39, 0.29) is 5.76 Å². The number of hydrogen-bond acceptors (Lipinski definition) is 2. The van der Waals surface area contributed by atoms with Gasteiger partial charge in [-0.15, -0.1) is 0 Å². The molecular formula is C15H10Cl2O3. The Bertz CT molecular complexity index is 651. The number of halogens is 2. The summed E-state index contributed by atoms with van der Waals surface area (Å²) in [6.07, 6.45) is 1.39. The molecule has 0 fully saturated rings. The third-order valence-electron chi connectivity index (χ3n) is 2.42. The van der Waals surface area contributed by atoms with E-state index in [9.17, 15) is 4.79 Å². The zero-order valence-electron chi connectivity index (χ0n) is 10.2. The first-order valence-corrected chi connectivity index (χ1v) is 6.45. The molecule has 0 heterocycles. The quantitative estimate of drug-likeness (QED) is 0.668. The van der Waals surface area contributed by atoms with E-state index in [0.29, 0.717) is 21.4 Å². The molecule has 0 radical (unpaired) electrons. The fourth-order valence-electron chi connectivity index (χ4n) is 1.50. The molecule has 0 amide bonds. The van der Waals surface area contributed by atoms with Crippen molar-refractivity contribution in [2.45, 2.75) is 0 Å². The van der Waals surface area contributed by atoms with Crippen molar-refractivity contribution in [1.29, 1.82) is 0 Å². The molecule has 0 saturated heterocycles. The molecule has 5 heteroatoms. The molecule has 0 aliphatic heterocycles. The van der Waals surface area contributed by atoms with Crippen LogP contribution in [0, 0.1) is 0 Å². The zero-order chi connectivity index (χ0) is 14.5. The van der Waals surface area contributed by atoms with Gasteiger partial charge < -0.3 is 9.84 Å². The number of benzene rings is 2. The Morgan fingerprint density at radius 3 is 2.35 bits per heavy atom. The van der Waals surface area contributed by atoms with E-state index in [4.69, 9.17) is 33.0 Å². The average Bonchev–Trinajstić information content (AvgIpc) is 2.43. The topological polar surface area (TPSA) is 46.5 Å². The van der Waals surface area contributed by atoms with Crippen LogP contribution in [0.15, 0.2) is 54.3 Å². The molecule has 102 valence electrons. The van der Waals surface area contributed by atoms with Gasteiger partial charge in [0.05, 0.1) is 10.0 Å². The van der Waals surface area contributed by atoms with Crippen LogP contribution in [-0.4, -0.2) is 11.1 Å². The number of carboxylic acids is 1. The number of para-hydroxylation sites is 1. The van der Waals surface area contributed by atoms with Crippen LogP contribution in [0.25, 0.3) is 6.08 Å².